The Morgan fingerprint density at radius 3 is 2.03 bits per heavy atom. The van der Waals surface area contributed by atoms with Crippen LogP contribution in [0.25, 0.3) is 0 Å². The summed E-state index contributed by atoms with van der Waals surface area (Å²) in [5.41, 5.74) is 0.0579. The van der Waals surface area contributed by atoms with E-state index in [1.165, 1.54) is 22.5 Å². The van der Waals surface area contributed by atoms with E-state index in [0.717, 1.165) is 6.26 Å². The second-order valence-corrected chi connectivity index (χ2v) is 12.4. The van der Waals surface area contributed by atoms with Crippen LogP contribution in [0.15, 0.2) is 58.3 Å². The number of piperidine rings is 1. The quantitative estimate of drug-likeness (QED) is 0.668. The number of sulfone groups is 1. The van der Waals surface area contributed by atoms with Gasteiger partial charge in [-0.2, -0.15) is 4.31 Å². The molecule has 2 aliphatic heterocycles. The van der Waals surface area contributed by atoms with Crippen molar-refractivity contribution in [2.75, 3.05) is 30.8 Å². The average molecular weight is 483 g/mol. The Kier molecular flexibility index (Phi) is 5.66. The molecule has 2 aromatic rings. The Morgan fingerprint density at radius 2 is 1.45 bits per heavy atom. The maximum absolute atomic E-state index is 13.3. The third-order valence-electron chi connectivity index (χ3n) is 6.22. The van der Waals surface area contributed by atoms with Crippen molar-refractivity contribution in [3.05, 3.63) is 53.6 Å². The monoisotopic (exact) mass is 482 g/mol. The van der Waals surface area contributed by atoms with Gasteiger partial charge in [-0.3, -0.25) is 4.79 Å². The summed E-state index contributed by atoms with van der Waals surface area (Å²) in [5.74, 6) is -0.0330. The summed E-state index contributed by atoms with van der Waals surface area (Å²) in [6.07, 6.45) is 2.66. The van der Waals surface area contributed by atoms with Crippen molar-refractivity contribution in [1.29, 1.82) is 0 Å². The summed E-state index contributed by atoms with van der Waals surface area (Å²) in [5, 5.41) is 0.184. The van der Waals surface area contributed by atoms with Gasteiger partial charge in [0.25, 0.3) is 0 Å². The molecule has 0 bridgehead atoms. The summed E-state index contributed by atoms with van der Waals surface area (Å²) >= 11 is 6.09. The van der Waals surface area contributed by atoms with Gasteiger partial charge in [0.15, 0.2) is 9.84 Å². The van der Waals surface area contributed by atoms with Gasteiger partial charge in [-0.15, -0.1) is 0 Å². The molecule has 2 aliphatic rings. The van der Waals surface area contributed by atoms with Gasteiger partial charge in [-0.05, 0) is 55.7 Å². The highest BCUT2D eigenvalue weighted by molar-refractivity contribution is 7.90. The molecule has 2 fully saturated rings. The number of hydrogen-bond acceptors (Lipinski definition) is 5. The molecular weight excluding hydrogens is 460 g/mol. The molecule has 166 valence electrons. The zero-order valence-corrected chi connectivity index (χ0v) is 19.4. The largest absolute Gasteiger partial charge is 0.312 e. The first-order valence-corrected chi connectivity index (χ1v) is 13.6. The summed E-state index contributed by atoms with van der Waals surface area (Å²) in [4.78, 5) is 15.2. The van der Waals surface area contributed by atoms with E-state index < -0.39 is 25.3 Å². The molecular formula is C21H23ClN2O5S2. The van der Waals surface area contributed by atoms with Crippen molar-refractivity contribution < 1.29 is 21.6 Å². The summed E-state index contributed by atoms with van der Waals surface area (Å²) in [7, 11) is -7.03. The Morgan fingerprint density at radius 1 is 0.871 bits per heavy atom. The second-order valence-electron chi connectivity index (χ2n) is 8.09. The van der Waals surface area contributed by atoms with Crippen LogP contribution < -0.4 is 4.90 Å². The molecule has 2 saturated heterocycles. The van der Waals surface area contributed by atoms with E-state index in [2.05, 4.69) is 0 Å². The predicted molar refractivity (Wildman–Crippen MR) is 118 cm³/mol. The Labute approximate surface area is 187 Å². The molecule has 7 nitrogen and oxygen atoms in total. The molecule has 1 spiro atoms. The number of nitrogens with zero attached hydrogens (tertiary/aromatic N) is 2. The maximum atomic E-state index is 13.3. The number of sulfonamides is 1. The number of amides is 1. The first-order valence-electron chi connectivity index (χ1n) is 9.91. The molecule has 0 atom stereocenters. The molecule has 10 heteroatoms. The fraction of sp³-hybridized carbons (Fsp3) is 0.381. The van der Waals surface area contributed by atoms with E-state index in [1.54, 1.807) is 35.2 Å². The molecule has 2 aromatic carbocycles. The fourth-order valence-electron chi connectivity index (χ4n) is 4.35. The van der Waals surface area contributed by atoms with Gasteiger partial charge in [-0.25, -0.2) is 16.8 Å². The second kappa shape index (κ2) is 7.88. The summed E-state index contributed by atoms with van der Waals surface area (Å²) in [6.45, 7) is 1.02. The Bertz CT molecular complexity index is 1220. The van der Waals surface area contributed by atoms with Crippen LogP contribution in [0.2, 0.25) is 5.02 Å². The summed E-state index contributed by atoms with van der Waals surface area (Å²) < 4.78 is 50.7. The van der Waals surface area contributed by atoms with Crippen molar-refractivity contribution in [1.82, 2.24) is 4.31 Å². The topological polar surface area (TPSA) is 91.8 Å². The van der Waals surface area contributed by atoms with E-state index in [4.69, 9.17) is 11.6 Å². The van der Waals surface area contributed by atoms with Gasteiger partial charge in [0, 0.05) is 31.6 Å². The van der Waals surface area contributed by atoms with Crippen LogP contribution in [-0.4, -0.2) is 52.9 Å². The molecule has 0 aliphatic carbocycles. The van der Waals surface area contributed by atoms with Crippen molar-refractivity contribution in [2.45, 2.75) is 29.1 Å². The van der Waals surface area contributed by atoms with Gasteiger partial charge in [0.2, 0.25) is 15.9 Å². The number of anilines is 1. The number of hydrogen-bond donors (Lipinski definition) is 0. The van der Waals surface area contributed by atoms with Gasteiger partial charge >= 0.3 is 0 Å². The number of halogens is 1. The van der Waals surface area contributed by atoms with Crippen LogP contribution in [0.1, 0.15) is 19.3 Å². The van der Waals surface area contributed by atoms with Gasteiger partial charge in [-0.1, -0.05) is 23.7 Å². The minimum absolute atomic E-state index is 0.0330. The lowest BCUT2D eigenvalue weighted by Crippen LogP contribution is -2.46. The molecule has 1 amide bonds. The zero-order chi connectivity index (χ0) is 22.4. The molecule has 4 rings (SSSR count). The van der Waals surface area contributed by atoms with Crippen LogP contribution in [0.5, 0.6) is 0 Å². The highest BCUT2D eigenvalue weighted by Gasteiger charge is 2.50. The number of carbonyl (C=O) groups excluding carboxylic acids is 1. The number of rotatable bonds is 4. The highest BCUT2D eigenvalue weighted by Crippen LogP contribution is 2.44. The molecule has 0 radical (unpaired) electrons. The molecule has 31 heavy (non-hydrogen) atoms. The number of carbonyl (C=O) groups is 1. The lowest BCUT2D eigenvalue weighted by molar-refractivity contribution is -0.127. The first-order chi connectivity index (χ1) is 14.5. The fourth-order valence-corrected chi connectivity index (χ4v) is 6.92. The van der Waals surface area contributed by atoms with E-state index in [9.17, 15) is 21.6 Å². The standard InChI is InChI=1S/C21H23ClN2O5S2/c1-30(26,27)17-8-6-16(7-9-17)24-15-12-21(20(24)25)10-13-23(14-11-21)31(28,29)19-5-3-2-4-18(19)22/h2-9H,10-15H2,1H3. The maximum Gasteiger partial charge on any atom is 0.244 e. The van der Waals surface area contributed by atoms with Crippen molar-refractivity contribution in [3.8, 4) is 0 Å². The molecule has 2 heterocycles. The molecule has 0 saturated carbocycles. The molecule has 0 aromatic heterocycles. The lowest BCUT2D eigenvalue weighted by atomic mass is 9.77. The Balaban J connectivity index is 1.49. The average Bonchev–Trinajstić information content (AvgIpc) is 3.04. The smallest absolute Gasteiger partial charge is 0.244 e. The van der Waals surface area contributed by atoms with Crippen molar-refractivity contribution in [3.63, 3.8) is 0 Å². The van der Waals surface area contributed by atoms with Crippen molar-refractivity contribution >= 4 is 43.1 Å². The van der Waals surface area contributed by atoms with Crippen LogP contribution in [0.3, 0.4) is 0 Å². The summed E-state index contributed by atoms with van der Waals surface area (Å²) in [6, 6.07) is 12.6. The van der Waals surface area contributed by atoms with Gasteiger partial charge in [0.1, 0.15) is 4.90 Å². The van der Waals surface area contributed by atoms with Crippen LogP contribution in [0.4, 0.5) is 5.69 Å². The van der Waals surface area contributed by atoms with Gasteiger partial charge < -0.3 is 4.90 Å². The lowest BCUT2D eigenvalue weighted by Gasteiger charge is -2.37. The third kappa shape index (κ3) is 4.00. The van der Waals surface area contributed by atoms with E-state index in [1.807, 2.05) is 0 Å². The van der Waals surface area contributed by atoms with Crippen LogP contribution >= 0.6 is 11.6 Å². The SMILES string of the molecule is CS(=O)(=O)c1ccc(N2CCC3(CCN(S(=O)(=O)c4ccccc4Cl)CC3)C2=O)cc1. The van der Waals surface area contributed by atoms with E-state index in [0.29, 0.717) is 31.5 Å². The molecule has 0 unspecified atom stereocenters. The third-order valence-corrected chi connectivity index (χ3v) is 9.75. The van der Waals surface area contributed by atoms with Crippen molar-refractivity contribution in [2.24, 2.45) is 5.41 Å². The minimum atomic E-state index is -3.72. The highest BCUT2D eigenvalue weighted by atomic mass is 35.5. The van der Waals surface area contributed by atoms with Crippen LogP contribution in [0, 0.1) is 5.41 Å². The zero-order valence-electron chi connectivity index (χ0n) is 17.0. The van der Waals surface area contributed by atoms with Crippen LogP contribution in [-0.2, 0) is 24.7 Å². The molecule has 0 N–H and O–H groups in total. The van der Waals surface area contributed by atoms with E-state index in [-0.39, 0.29) is 33.8 Å². The van der Waals surface area contributed by atoms with E-state index >= 15 is 0 Å². The Hall–Kier alpha value is -1.94. The normalized spacial score (nSPS) is 19.8. The predicted octanol–water partition coefficient (Wildman–Crippen LogP) is 2.95. The first kappa shape index (κ1) is 22.3. The van der Waals surface area contributed by atoms with Gasteiger partial charge in [0.05, 0.1) is 15.3 Å². The minimum Gasteiger partial charge on any atom is -0.312 e. The number of benzene rings is 2.